The summed E-state index contributed by atoms with van der Waals surface area (Å²) in [6.45, 7) is 0. The molecule has 0 aromatic carbocycles. The number of aromatic carboxylic acids is 1. The predicted molar refractivity (Wildman–Crippen MR) is 59.5 cm³/mol. The quantitative estimate of drug-likeness (QED) is 0.764. The number of aromatic nitrogens is 2. The first kappa shape index (κ1) is 11.9. The summed E-state index contributed by atoms with van der Waals surface area (Å²) in [6, 6.07) is 5.48. The molecule has 2 rings (SSSR count). The fourth-order valence-corrected chi connectivity index (χ4v) is 1.73. The van der Waals surface area contributed by atoms with Crippen LogP contribution in [0.5, 0.6) is 0 Å². The maximum absolute atomic E-state index is 10.6. The van der Waals surface area contributed by atoms with E-state index in [2.05, 4.69) is 9.97 Å². The molecule has 0 aliphatic heterocycles. The Labute approximate surface area is 102 Å². The van der Waals surface area contributed by atoms with Gasteiger partial charge in [-0.15, -0.1) is 11.3 Å². The molecule has 0 atom stereocenters. The van der Waals surface area contributed by atoms with Gasteiger partial charge >= 0.3 is 24.8 Å². The second-order valence-electron chi connectivity index (χ2n) is 2.55. The van der Waals surface area contributed by atoms with Gasteiger partial charge in [-0.25, -0.2) is 9.78 Å². The number of carboxylic acid groups (broad SMARTS) is 1. The number of pyridine rings is 1. The van der Waals surface area contributed by atoms with Gasteiger partial charge in [0.2, 0.25) is 5.01 Å². The number of carbonyl (C=O) groups is 1. The van der Waals surface area contributed by atoms with E-state index in [-0.39, 0.29) is 23.9 Å². The van der Waals surface area contributed by atoms with Crippen molar-refractivity contribution < 1.29 is 9.90 Å². The number of hydrogen-bond donors (Lipinski definition) is 1. The summed E-state index contributed by atoms with van der Waals surface area (Å²) in [6.07, 6.45) is 3.19. The summed E-state index contributed by atoms with van der Waals surface area (Å²) in [4.78, 5) is 19.2. The minimum absolute atomic E-state index is 0. The van der Waals surface area contributed by atoms with Crippen molar-refractivity contribution in [2.45, 2.75) is 0 Å². The van der Waals surface area contributed by atoms with Crippen LogP contribution in [0, 0.1) is 0 Å². The van der Waals surface area contributed by atoms with E-state index in [1.807, 2.05) is 18.2 Å². The molecule has 0 spiro atoms. The SMILES string of the molecule is O=C(O)c1ncc(-c2ccccn2)s1.[LiH]. The Morgan fingerprint density at radius 3 is 2.67 bits per heavy atom. The standard InChI is InChI=1S/C9H6N2O2S.Li.H/c12-9(13)8-11-5-7(14-8)6-3-1-2-4-10-6;;/h1-5H,(H,12,13);;. The molecule has 72 valence electrons. The van der Waals surface area contributed by atoms with Crippen molar-refractivity contribution in [3.8, 4) is 10.6 Å². The van der Waals surface area contributed by atoms with Gasteiger partial charge in [0.1, 0.15) is 0 Å². The molecule has 2 heterocycles. The van der Waals surface area contributed by atoms with Crippen LogP contribution in [0.15, 0.2) is 30.6 Å². The molecule has 0 amide bonds. The van der Waals surface area contributed by atoms with Crippen molar-refractivity contribution in [3.05, 3.63) is 35.6 Å². The van der Waals surface area contributed by atoms with Gasteiger partial charge in [-0.05, 0) is 12.1 Å². The Hall–Kier alpha value is -1.15. The van der Waals surface area contributed by atoms with Crippen molar-refractivity contribution in [3.63, 3.8) is 0 Å². The van der Waals surface area contributed by atoms with E-state index in [9.17, 15) is 4.79 Å². The summed E-state index contributed by atoms with van der Waals surface area (Å²) in [5.41, 5.74) is 0.748. The van der Waals surface area contributed by atoms with Crippen LogP contribution in [0.4, 0.5) is 0 Å². The molecule has 0 bridgehead atoms. The molecule has 2 aromatic heterocycles. The second-order valence-corrected chi connectivity index (χ2v) is 3.58. The van der Waals surface area contributed by atoms with E-state index in [1.165, 1.54) is 6.20 Å². The number of nitrogens with zero attached hydrogens (tertiary/aromatic N) is 2. The van der Waals surface area contributed by atoms with Crippen LogP contribution < -0.4 is 0 Å². The predicted octanol–water partition coefficient (Wildman–Crippen LogP) is 1.25. The van der Waals surface area contributed by atoms with Crippen LogP contribution in [0.1, 0.15) is 9.80 Å². The second kappa shape index (κ2) is 5.08. The first-order valence-electron chi connectivity index (χ1n) is 3.88. The summed E-state index contributed by atoms with van der Waals surface area (Å²) in [5, 5.41) is 8.76. The van der Waals surface area contributed by atoms with E-state index >= 15 is 0 Å². The summed E-state index contributed by atoms with van der Waals surface area (Å²) in [5.74, 6) is -1.00. The Morgan fingerprint density at radius 2 is 2.13 bits per heavy atom. The molecule has 0 aliphatic rings. The molecule has 6 heteroatoms. The van der Waals surface area contributed by atoms with E-state index in [1.54, 1.807) is 6.20 Å². The molecule has 0 saturated carbocycles. The molecule has 0 aliphatic carbocycles. The molecule has 0 saturated heterocycles. The Bertz CT molecular complexity index is 458. The summed E-state index contributed by atoms with van der Waals surface area (Å²) >= 11 is 1.12. The van der Waals surface area contributed by atoms with Crippen molar-refractivity contribution in [2.24, 2.45) is 0 Å². The minimum atomic E-state index is -1.00. The third-order valence-corrected chi connectivity index (χ3v) is 2.61. The van der Waals surface area contributed by atoms with Gasteiger partial charge in [0.25, 0.3) is 0 Å². The molecule has 0 radical (unpaired) electrons. The van der Waals surface area contributed by atoms with Crippen LogP contribution >= 0.6 is 11.3 Å². The Balaban J connectivity index is 0.00000112. The normalized spacial score (nSPS) is 9.33. The molecule has 0 unspecified atom stereocenters. The fraction of sp³-hybridized carbons (Fsp3) is 0. The average molecular weight is 214 g/mol. The van der Waals surface area contributed by atoms with E-state index in [4.69, 9.17) is 5.11 Å². The van der Waals surface area contributed by atoms with Crippen molar-refractivity contribution in [1.29, 1.82) is 0 Å². The van der Waals surface area contributed by atoms with E-state index in [0.29, 0.717) is 0 Å². The maximum atomic E-state index is 10.6. The van der Waals surface area contributed by atoms with Crippen molar-refractivity contribution in [1.82, 2.24) is 9.97 Å². The molecular weight excluding hydrogens is 207 g/mol. The van der Waals surface area contributed by atoms with Gasteiger partial charge in [0.05, 0.1) is 10.6 Å². The molecule has 0 fully saturated rings. The van der Waals surface area contributed by atoms with Gasteiger partial charge in [0, 0.05) is 12.4 Å². The molecular formula is C9H7LiN2O2S. The first-order chi connectivity index (χ1) is 6.77. The molecule has 2 aromatic rings. The van der Waals surface area contributed by atoms with Crippen LogP contribution in [0.3, 0.4) is 0 Å². The fourth-order valence-electron chi connectivity index (χ4n) is 1.000. The monoisotopic (exact) mass is 214 g/mol. The number of thiazole rings is 1. The van der Waals surface area contributed by atoms with Crippen LogP contribution in [-0.2, 0) is 0 Å². The zero-order valence-corrected chi connectivity index (χ0v) is 7.86. The van der Waals surface area contributed by atoms with Crippen LogP contribution in [-0.4, -0.2) is 39.9 Å². The van der Waals surface area contributed by atoms with Crippen molar-refractivity contribution in [2.75, 3.05) is 0 Å². The van der Waals surface area contributed by atoms with Gasteiger partial charge in [-0.2, -0.15) is 0 Å². The zero-order chi connectivity index (χ0) is 9.97. The number of rotatable bonds is 2. The van der Waals surface area contributed by atoms with Gasteiger partial charge in [0.15, 0.2) is 0 Å². The number of hydrogen-bond acceptors (Lipinski definition) is 4. The van der Waals surface area contributed by atoms with Gasteiger partial charge in [-0.3, -0.25) is 4.98 Å². The first-order valence-corrected chi connectivity index (χ1v) is 4.69. The molecule has 4 nitrogen and oxygen atoms in total. The third kappa shape index (κ3) is 2.66. The van der Waals surface area contributed by atoms with E-state index < -0.39 is 5.97 Å². The van der Waals surface area contributed by atoms with Gasteiger partial charge < -0.3 is 5.11 Å². The third-order valence-electron chi connectivity index (χ3n) is 1.61. The van der Waals surface area contributed by atoms with E-state index in [0.717, 1.165) is 21.9 Å². The summed E-state index contributed by atoms with van der Waals surface area (Å²) < 4.78 is 0. The summed E-state index contributed by atoms with van der Waals surface area (Å²) in [7, 11) is 0. The molecule has 15 heavy (non-hydrogen) atoms. The zero-order valence-electron chi connectivity index (χ0n) is 7.04. The topological polar surface area (TPSA) is 63.1 Å². The van der Waals surface area contributed by atoms with Crippen molar-refractivity contribution >= 4 is 36.2 Å². The number of carboxylic acids is 1. The van der Waals surface area contributed by atoms with Gasteiger partial charge in [-0.1, -0.05) is 6.07 Å². The Morgan fingerprint density at radius 1 is 1.33 bits per heavy atom. The Kier molecular flexibility index (Phi) is 4.03. The van der Waals surface area contributed by atoms with Crippen LogP contribution in [0.2, 0.25) is 0 Å². The molecule has 1 N–H and O–H groups in total. The average Bonchev–Trinajstić information content (AvgIpc) is 2.68. The van der Waals surface area contributed by atoms with Crippen LogP contribution in [0.25, 0.3) is 10.6 Å².